The number of carboxylic acids is 1. The quantitative estimate of drug-likeness (QED) is 0.275. The van der Waals surface area contributed by atoms with Crippen molar-refractivity contribution in [2.45, 2.75) is 39.2 Å². The van der Waals surface area contributed by atoms with E-state index >= 15 is 0 Å². The molecule has 0 saturated carbocycles. The first-order valence-electron chi connectivity index (χ1n) is 10.8. The maximum atomic E-state index is 11.2. The Bertz CT molecular complexity index is 1170. The molecule has 1 unspecified atom stereocenters. The van der Waals surface area contributed by atoms with Gasteiger partial charge < -0.3 is 19.3 Å². The fraction of sp³-hybridized carbons (Fsp3) is 0.296. The van der Waals surface area contributed by atoms with Crippen molar-refractivity contribution < 1.29 is 24.1 Å². The van der Waals surface area contributed by atoms with Gasteiger partial charge in [-0.1, -0.05) is 43.7 Å². The van der Waals surface area contributed by atoms with Gasteiger partial charge in [0.05, 0.1) is 22.5 Å². The third-order valence-corrected chi connectivity index (χ3v) is 6.65. The lowest BCUT2D eigenvalue weighted by Gasteiger charge is -2.24. The van der Waals surface area contributed by atoms with Crippen molar-refractivity contribution in [1.29, 1.82) is 0 Å². The minimum atomic E-state index is -0.896. The zero-order valence-corrected chi connectivity index (χ0v) is 23.0. The molecule has 0 aliphatic rings. The second-order valence-corrected chi connectivity index (χ2v) is 10.1. The summed E-state index contributed by atoms with van der Waals surface area (Å²) >= 11 is 7.10. The number of carboxylic acid groups (broad SMARTS) is 1. The van der Waals surface area contributed by atoms with Crippen LogP contribution in [-0.4, -0.2) is 25.3 Å². The second-order valence-electron chi connectivity index (χ2n) is 8.38. The van der Waals surface area contributed by atoms with E-state index in [9.17, 15) is 4.79 Å². The Morgan fingerprint density at radius 1 is 0.971 bits per heavy atom. The summed E-state index contributed by atoms with van der Waals surface area (Å²) in [6.45, 7) is 6.24. The zero-order valence-electron chi connectivity index (χ0n) is 19.8. The highest BCUT2D eigenvalue weighted by molar-refractivity contribution is 9.11. The summed E-state index contributed by atoms with van der Waals surface area (Å²) in [5.74, 6) is 1.25. The topological polar surface area (TPSA) is 65.0 Å². The Kier molecular flexibility index (Phi) is 8.79. The first-order chi connectivity index (χ1) is 16.1. The van der Waals surface area contributed by atoms with Gasteiger partial charge in [-0.3, -0.25) is 4.79 Å². The fourth-order valence-corrected chi connectivity index (χ4v) is 5.33. The van der Waals surface area contributed by atoms with E-state index in [2.05, 4.69) is 51.8 Å². The summed E-state index contributed by atoms with van der Waals surface area (Å²) < 4.78 is 19.5. The average molecular weight is 592 g/mol. The SMILES string of the molecule is COc1cc(C(OC)c2cccc(C)c2)c(Oc2c(Br)cc(CC(=O)O)cc2Br)cc1C(C)C. The molecule has 3 aromatic rings. The standard InChI is InChI=1S/C27H28Br2O5/c1-15(2)19-13-24(34-27-21(28)10-17(11-22(27)29)12-25(30)31)20(14-23(19)32-4)26(33-5)18-8-6-7-16(3)9-18/h6-11,13-15,26H,12H2,1-5H3,(H,30,31). The molecule has 0 aliphatic carbocycles. The summed E-state index contributed by atoms with van der Waals surface area (Å²) in [7, 11) is 3.33. The zero-order chi connectivity index (χ0) is 25.0. The van der Waals surface area contributed by atoms with E-state index in [1.165, 1.54) is 0 Å². The summed E-state index contributed by atoms with van der Waals surface area (Å²) in [5, 5.41) is 9.15. The van der Waals surface area contributed by atoms with Crippen LogP contribution in [0.3, 0.4) is 0 Å². The Hall–Kier alpha value is -2.35. The molecular weight excluding hydrogens is 564 g/mol. The van der Waals surface area contributed by atoms with Gasteiger partial charge in [-0.2, -0.15) is 0 Å². The van der Waals surface area contributed by atoms with E-state index in [1.807, 2.05) is 37.3 Å². The number of aryl methyl sites for hydroxylation is 1. The van der Waals surface area contributed by atoms with Gasteiger partial charge in [0.1, 0.15) is 17.6 Å². The lowest BCUT2D eigenvalue weighted by molar-refractivity contribution is -0.136. The molecule has 0 aliphatic heterocycles. The molecule has 0 aromatic heterocycles. The van der Waals surface area contributed by atoms with Crippen molar-refractivity contribution in [3.8, 4) is 17.2 Å². The molecular formula is C27H28Br2O5. The summed E-state index contributed by atoms with van der Waals surface area (Å²) in [6, 6.07) is 15.7. The van der Waals surface area contributed by atoms with Crippen LogP contribution >= 0.6 is 31.9 Å². The van der Waals surface area contributed by atoms with Crippen molar-refractivity contribution in [1.82, 2.24) is 0 Å². The molecule has 0 fully saturated rings. The van der Waals surface area contributed by atoms with E-state index in [1.54, 1.807) is 26.4 Å². The van der Waals surface area contributed by atoms with Crippen LogP contribution in [0.25, 0.3) is 0 Å². The minimum absolute atomic E-state index is 0.0815. The Morgan fingerprint density at radius 2 is 1.62 bits per heavy atom. The Morgan fingerprint density at radius 3 is 2.15 bits per heavy atom. The number of hydrogen-bond donors (Lipinski definition) is 1. The minimum Gasteiger partial charge on any atom is -0.496 e. The number of methoxy groups -OCH3 is 2. The molecule has 3 rings (SSSR count). The van der Waals surface area contributed by atoms with E-state index in [-0.39, 0.29) is 18.4 Å². The number of halogens is 2. The highest BCUT2D eigenvalue weighted by Gasteiger charge is 2.24. The van der Waals surface area contributed by atoms with Gasteiger partial charge in [0.2, 0.25) is 0 Å². The molecule has 1 atom stereocenters. The van der Waals surface area contributed by atoms with Gasteiger partial charge in [0, 0.05) is 18.2 Å². The van der Waals surface area contributed by atoms with Crippen molar-refractivity contribution in [2.75, 3.05) is 14.2 Å². The molecule has 0 bridgehead atoms. The van der Waals surface area contributed by atoms with Crippen LogP contribution in [0.15, 0.2) is 57.5 Å². The van der Waals surface area contributed by atoms with Gasteiger partial charge in [-0.15, -0.1) is 0 Å². The van der Waals surface area contributed by atoms with Crippen LogP contribution in [0.2, 0.25) is 0 Å². The highest BCUT2D eigenvalue weighted by Crippen LogP contribution is 2.44. The predicted octanol–water partition coefficient (Wildman–Crippen LogP) is 7.81. The molecule has 1 N–H and O–H groups in total. The lowest BCUT2D eigenvalue weighted by Crippen LogP contribution is -2.08. The van der Waals surface area contributed by atoms with Gasteiger partial charge in [0.15, 0.2) is 5.75 Å². The molecule has 0 spiro atoms. The molecule has 5 nitrogen and oxygen atoms in total. The van der Waals surface area contributed by atoms with Crippen molar-refractivity contribution >= 4 is 37.8 Å². The number of rotatable bonds is 9. The number of hydrogen-bond acceptors (Lipinski definition) is 4. The number of aliphatic carboxylic acids is 1. The van der Waals surface area contributed by atoms with Crippen LogP contribution < -0.4 is 9.47 Å². The van der Waals surface area contributed by atoms with E-state index in [0.29, 0.717) is 26.0 Å². The molecule has 0 amide bonds. The number of carbonyl (C=O) groups is 1. The second kappa shape index (κ2) is 11.4. The normalized spacial score (nSPS) is 12.0. The maximum Gasteiger partial charge on any atom is 0.307 e. The van der Waals surface area contributed by atoms with Crippen molar-refractivity contribution in [3.05, 3.63) is 85.3 Å². The third-order valence-electron chi connectivity index (χ3n) is 5.47. The van der Waals surface area contributed by atoms with Crippen LogP contribution in [0.1, 0.15) is 53.7 Å². The van der Waals surface area contributed by atoms with Crippen LogP contribution in [0.4, 0.5) is 0 Å². The predicted molar refractivity (Wildman–Crippen MR) is 140 cm³/mol. The summed E-state index contributed by atoms with van der Waals surface area (Å²) in [4.78, 5) is 11.2. The highest BCUT2D eigenvalue weighted by atomic mass is 79.9. The Balaban J connectivity index is 2.17. The van der Waals surface area contributed by atoms with Crippen molar-refractivity contribution in [3.63, 3.8) is 0 Å². The molecule has 0 radical (unpaired) electrons. The molecule has 180 valence electrons. The first kappa shape index (κ1) is 26.3. The molecule has 3 aromatic carbocycles. The molecule has 7 heteroatoms. The lowest BCUT2D eigenvalue weighted by atomic mass is 9.94. The third kappa shape index (κ3) is 6.01. The van der Waals surface area contributed by atoms with Crippen LogP contribution in [0, 0.1) is 6.92 Å². The fourth-order valence-electron chi connectivity index (χ4n) is 3.88. The van der Waals surface area contributed by atoms with Gasteiger partial charge in [-0.05, 0) is 80.1 Å². The van der Waals surface area contributed by atoms with Crippen LogP contribution in [-0.2, 0) is 16.0 Å². The monoisotopic (exact) mass is 590 g/mol. The average Bonchev–Trinajstić information content (AvgIpc) is 2.76. The van der Waals surface area contributed by atoms with Gasteiger partial charge >= 0.3 is 5.97 Å². The van der Waals surface area contributed by atoms with Crippen molar-refractivity contribution in [2.24, 2.45) is 0 Å². The van der Waals surface area contributed by atoms with E-state index < -0.39 is 5.97 Å². The first-order valence-corrected chi connectivity index (χ1v) is 12.4. The van der Waals surface area contributed by atoms with E-state index in [4.69, 9.17) is 19.3 Å². The number of ether oxygens (including phenoxy) is 3. The number of benzene rings is 3. The maximum absolute atomic E-state index is 11.2. The Labute approximate surface area is 217 Å². The molecule has 34 heavy (non-hydrogen) atoms. The summed E-state index contributed by atoms with van der Waals surface area (Å²) in [5.41, 5.74) is 4.62. The largest absolute Gasteiger partial charge is 0.496 e. The van der Waals surface area contributed by atoms with Gasteiger partial charge in [0.25, 0.3) is 0 Å². The smallest absolute Gasteiger partial charge is 0.307 e. The molecule has 0 heterocycles. The summed E-state index contributed by atoms with van der Waals surface area (Å²) in [6.07, 6.45) is -0.462. The molecule has 0 saturated heterocycles. The van der Waals surface area contributed by atoms with E-state index in [0.717, 1.165) is 28.0 Å². The van der Waals surface area contributed by atoms with Gasteiger partial charge in [-0.25, -0.2) is 0 Å². The van der Waals surface area contributed by atoms with Crippen LogP contribution in [0.5, 0.6) is 17.2 Å².